The normalized spacial score (nSPS) is 20.5. The number of Topliss-reactive ketones (excluding diaryl/α,β-unsaturated/α-hetero) is 1. The fraction of sp³-hybridized carbons (Fsp3) is 0.909. The Morgan fingerprint density at radius 1 is 1.38 bits per heavy atom. The van der Waals surface area contributed by atoms with E-state index >= 15 is 0 Å². The van der Waals surface area contributed by atoms with Crippen molar-refractivity contribution in [3.63, 3.8) is 0 Å². The molecule has 2 heteroatoms. The molecule has 0 amide bonds. The lowest BCUT2D eigenvalue weighted by molar-refractivity contribution is -0.126. The van der Waals surface area contributed by atoms with Crippen LogP contribution in [0.25, 0.3) is 0 Å². The number of rotatable bonds is 5. The zero-order chi connectivity index (χ0) is 10.6. The predicted octanol–water partition coefficient (Wildman–Crippen LogP) is 3.28. The Morgan fingerprint density at radius 3 is 2.15 bits per heavy atom. The highest BCUT2D eigenvalue weighted by atomic mass is 31.0. The number of hydrogen-bond acceptors (Lipinski definition) is 1. The van der Waals surface area contributed by atoms with Gasteiger partial charge in [-0.05, 0) is 18.0 Å². The van der Waals surface area contributed by atoms with Gasteiger partial charge < -0.3 is 0 Å². The van der Waals surface area contributed by atoms with Gasteiger partial charge in [-0.3, -0.25) is 4.79 Å². The van der Waals surface area contributed by atoms with E-state index in [1.807, 2.05) is 13.8 Å². The third-order valence-corrected chi connectivity index (χ3v) is 4.18. The molecule has 0 heterocycles. The third-order valence-electron chi connectivity index (χ3n) is 3.28. The minimum Gasteiger partial charge on any atom is -0.299 e. The fourth-order valence-electron chi connectivity index (χ4n) is 1.26. The molecule has 0 N–H and O–H groups in total. The molecule has 0 aromatic heterocycles. The standard InChI is InChI=1S/C11H23OP/c1-6-8(3)10(12)9(4)11(5,13)7-2/h8-9H,6-7,13H2,1-5H3. The molecule has 4 atom stereocenters. The minimum absolute atomic E-state index is 0.0700. The molecular weight excluding hydrogens is 179 g/mol. The van der Waals surface area contributed by atoms with Crippen molar-refractivity contribution in [2.24, 2.45) is 11.8 Å². The molecule has 0 spiro atoms. The summed E-state index contributed by atoms with van der Waals surface area (Å²) in [6, 6.07) is 0. The van der Waals surface area contributed by atoms with E-state index in [0.29, 0.717) is 5.78 Å². The zero-order valence-corrected chi connectivity index (χ0v) is 10.7. The average molecular weight is 202 g/mol. The van der Waals surface area contributed by atoms with Gasteiger partial charge in [0.1, 0.15) is 5.78 Å². The van der Waals surface area contributed by atoms with E-state index in [9.17, 15) is 4.79 Å². The highest BCUT2D eigenvalue weighted by molar-refractivity contribution is 7.19. The molecule has 0 aromatic carbocycles. The lowest BCUT2D eigenvalue weighted by Gasteiger charge is -2.30. The van der Waals surface area contributed by atoms with Crippen molar-refractivity contribution in [2.75, 3.05) is 0 Å². The summed E-state index contributed by atoms with van der Waals surface area (Å²) in [5.74, 6) is 0.765. The molecule has 0 aliphatic rings. The third kappa shape index (κ3) is 3.38. The van der Waals surface area contributed by atoms with Gasteiger partial charge in [0.2, 0.25) is 0 Å². The van der Waals surface area contributed by atoms with Crippen LogP contribution in [0.1, 0.15) is 47.5 Å². The first-order chi connectivity index (χ1) is 5.86. The van der Waals surface area contributed by atoms with E-state index in [4.69, 9.17) is 0 Å². The second kappa shape index (κ2) is 5.10. The lowest BCUT2D eigenvalue weighted by Crippen LogP contribution is -2.34. The van der Waals surface area contributed by atoms with E-state index in [2.05, 4.69) is 30.0 Å². The monoisotopic (exact) mass is 202 g/mol. The van der Waals surface area contributed by atoms with Crippen LogP contribution < -0.4 is 0 Å². The Bertz CT molecular complexity index is 175. The Kier molecular flexibility index (Phi) is 5.14. The SMILES string of the molecule is CCC(C)C(=O)C(C)C(C)(P)CC. The Morgan fingerprint density at radius 2 is 1.85 bits per heavy atom. The molecule has 0 bridgehead atoms. The van der Waals surface area contributed by atoms with E-state index in [0.717, 1.165) is 12.8 Å². The summed E-state index contributed by atoms with van der Waals surface area (Å²) in [7, 11) is 2.82. The summed E-state index contributed by atoms with van der Waals surface area (Å²) < 4.78 is 0. The molecule has 0 aromatic rings. The van der Waals surface area contributed by atoms with Gasteiger partial charge in [-0.2, -0.15) is 0 Å². The van der Waals surface area contributed by atoms with Gasteiger partial charge in [-0.15, -0.1) is 9.24 Å². The first kappa shape index (κ1) is 13.1. The van der Waals surface area contributed by atoms with E-state index in [1.165, 1.54) is 0 Å². The van der Waals surface area contributed by atoms with Crippen LogP contribution in [0.2, 0.25) is 0 Å². The van der Waals surface area contributed by atoms with Crippen LogP contribution in [0.3, 0.4) is 0 Å². The lowest BCUT2D eigenvalue weighted by atomic mass is 9.83. The van der Waals surface area contributed by atoms with Crippen LogP contribution in [-0.4, -0.2) is 10.9 Å². The molecule has 0 fully saturated rings. The molecule has 0 aliphatic heterocycles. The van der Waals surface area contributed by atoms with Crippen molar-refractivity contribution >= 4 is 15.0 Å². The Hall–Kier alpha value is 0.100. The highest BCUT2D eigenvalue weighted by Crippen LogP contribution is 2.33. The molecule has 0 saturated carbocycles. The van der Waals surface area contributed by atoms with Crippen molar-refractivity contribution < 1.29 is 4.79 Å². The largest absolute Gasteiger partial charge is 0.299 e. The van der Waals surface area contributed by atoms with Crippen LogP contribution in [0.5, 0.6) is 0 Å². The molecule has 0 aliphatic carbocycles. The first-order valence-electron chi connectivity index (χ1n) is 5.19. The Labute approximate surface area is 84.9 Å². The molecule has 0 saturated heterocycles. The second-order valence-corrected chi connectivity index (χ2v) is 5.61. The van der Waals surface area contributed by atoms with Gasteiger partial charge >= 0.3 is 0 Å². The summed E-state index contributed by atoms with van der Waals surface area (Å²) in [5, 5.41) is 0.0700. The summed E-state index contributed by atoms with van der Waals surface area (Å²) in [5.41, 5.74) is 0. The fourth-order valence-corrected chi connectivity index (χ4v) is 1.42. The minimum atomic E-state index is 0.0700. The predicted molar refractivity (Wildman–Crippen MR) is 62.0 cm³/mol. The van der Waals surface area contributed by atoms with E-state index in [1.54, 1.807) is 0 Å². The second-order valence-electron chi connectivity index (χ2n) is 4.29. The van der Waals surface area contributed by atoms with Gasteiger partial charge in [0.15, 0.2) is 0 Å². The number of carbonyl (C=O) groups is 1. The van der Waals surface area contributed by atoms with Crippen LogP contribution >= 0.6 is 9.24 Å². The maximum atomic E-state index is 11.9. The average Bonchev–Trinajstić information content (AvgIpc) is 2.14. The smallest absolute Gasteiger partial charge is 0.139 e. The van der Waals surface area contributed by atoms with Gasteiger partial charge in [0, 0.05) is 11.8 Å². The van der Waals surface area contributed by atoms with Crippen LogP contribution in [0.4, 0.5) is 0 Å². The molecule has 4 unspecified atom stereocenters. The van der Waals surface area contributed by atoms with Crippen LogP contribution in [0, 0.1) is 11.8 Å². The summed E-state index contributed by atoms with van der Waals surface area (Å²) in [4.78, 5) is 11.9. The zero-order valence-electron chi connectivity index (χ0n) is 9.55. The van der Waals surface area contributed by atoms with Crippen molar-refractivity contribution in [3.8, 4) is 0 Å². The molecule has 0 rings (SSSR count). The maximum absolute atomic E-state index is 11.9. The van der Waals surface area contributed by atoms with Crippen LogP contribution in [0.15, 0.2) is 0 Å². The van der Waals surface area contributed by atoms with Crippen molar-refractivity contribution in [1.29, 1.82) is 0 Å². The molecule has 1 nitrogen and oxygen atoms in total. The van der Waals surface area contributed by atoms with Crippen molar-refractivity contribution in [2.45, 2.75) is 52.6 Å². The topological polar surface area (TPSA) is 17.1 Å². The molecular formula is C11H23OP. The van der Waals surface area contributed by atoms with Crippen molar-refractivity contribution in [1.82, 2.24) is 0 Å². The number of carbonyl (C=O) groups excluding carboxylic acids is 1. The first-order valence-corrected chi connectivity index (χ1v) is 5.77. The molecule has 0 radical (unpaired) electrons. The molecule has 78 valence electrons. The summed E-state index contributed by atoms with van der Waals surface area (Å²) in [6.45, 7) is 10.4. The Balaban J connectivity index is 4.42. The number of ketones is 1. The van der Waals surface area contributed by atoms with E-state index < -0.39 is 0 Å². The van der Waals surface area contributed by atoms with Crippen LogP contribution in [-0.2, 0) is 4.79 Å². The highest BCUT2D eigenvalue weighted by Gasteiger charge is 2.31. The quantitative estimate of drug-likeness (QED) is 0.625. The van der Waals surface area contributed by atoms with Gasteiger partial charge in [-0.25, -0.2) is 0 Å². The van der Waals surface area contributed by atoms with Gasteiger partial charge in [0.05, 0.1) is 0 Å². The van der Waals surface area contributed by atoms with Gasteiger partial charge in [-0.1, -0.05) is 34.6 Å². The van der Waals surface area contributed by atoms with Gasteiger partial charge in [0.25, 0.3) is 0 Å². The summed E-state index contributed by atoms with van der Waals surface area (Å²) >= 11 is 0. The maximum Gasteiger partial charge on any atom is 0.139 e. The number of hydrogen-bond donors (Lipinski definition) is 0. The summed E-state index contributed by atoms with van der Waals surface area (Å²) in [6.07, 6.45) is 1.98. The molecule has 13 heavy (non-hydrogen) atoms. The van der Waals surface area contributed by atoms with E-state index in [-0.39, 0.29) is 17.0 Å². The van der Waals surface area contributed by atoms with Crippen molar-refractivity contribution in [3.05, 3.63) is 0 Å².